The van der Waals surface area contributed by atoms with Gasteiger partial charge in [0.1, 0.15) is 22.9 Å². The first-order chi connectivity index (χ1) is 11.7. The third-order valence-electron chi connectivity index (χ3n) is 5.08. The maximum absolute atomic E-state index is 6.20. The molecule has 0 amide bonds. The van der Waals surface area contributed by atoms with Crippen LogP contribution in [0.25, 0.3) is 28.1 Å². The Morgan fingerprint density at radius 2 is 2.00 bits per heavy atom. The van der Waals surface area contributed by atoms with E-state index < -0.39 is 0 Å². The second-order valence-corrected chi connectivity index (χ2v) is 6.46. The Kier molecular flexibility index (Phi) is 2.71. The van der Waals surface area contributed by atoms with Crippen LogP contribution in [0.3, 0.4) is 0 Å². The van der Waals surface area contributed by atoms with Crippen LogP contribution in [-0.4, -0.2) is 23.9 Å². The first kappa shape index (κ1) is 13.5. The van der Waals surface area contributed by atoms with E-state index in [1.807, 2.05) is 31.4 Å². The van der Waals surface area contributed by atoms with Gasteiger partial charge in [0.05, 0.1) is 11.0 Å². The second kappa shape index (κ2) is 4.80. The van der Waals surface area contributed by atoms with Crippen molar-refractivity contribution in [2.45, 2.75) is 25.2 Å². The number of anilines is 1. The predicted molar refractivity (Wildman–Crippen MR) is 93.7 cm³/mol. The van der Waals surface area contributed by atoms with Gasteiger partial charge in [-0.25, -0.2) is 15.0 Å². The molecule has 1 aliphatic rings. The van der Waals surface area contributed by atoms with Crippen LogP contribution in [0.2, 0.25) is 0 Å². The topological polar surface area (TPSA) is 74.0 Å². The summed E-state index contributed by atoms with van der Waals surface area (Å²) >= 11 is 0. The van der Waals surface area contributed by atoms with Crippen molar-refractivity contribution < 1.29 is 0 Å². The molecular weight excluding hydrogens is 300 g/mol. The lowest BCUT2D eigenvalue weighted by Gasteiger charge is -2.23. The Morgan fingerprint density at radius 3 is 2.75 bits per heavy atom. The number of benzene rings is 1. The molecule has 1 aromatic carbocycles. The Labute approximate surface area is 139 Å². The average molecular weight is 318 g/mol. The summed E-state index contributed by atoms with van der Waals surface area (Å²) in [7, 11) is 2.02. The van der Waals surface area contributed by atoms with Crippen molar-refractivity contribution in [1.29, 1.82) is 0 Å². The quantitative estimate of drug-likeness (QED) is 0.616. The number of para-hydroxylation sites is 2. The van der Waals surface area contributed by atoms with E-state index >= 15 is 0 Å². The number of aryl methyl sites for hydroxylation is 1. The number of nitrogen functional groups attached to an aromatic ring is 1. The summed E-state index contributed by atoms with van der Waals surface area (Å²) in [4.78, 5) is 14.0. The monoisotopic (exact) mass is 318 g/mol. The van der Waals surface area contributed by atoms with E-state index in [0.29, 0.717) is 11.7 Å². The molecule has 24 heavy (non-hydrogen) atoms. The van der Waals surface area contributed by atoms with Gasteiger partial charge in [-0.05, 0) is 25.0 Å². The molecule has 120 valence electrons. The Morgan fingerprint density at radius 1 is 1.17 bits per heavy atom. The van der Waals surface area contributed by atoms with Crippen molar-refractivity contribution in [2.24, 2.45) is 7.05 Å². The molecule has 6 heteroatoms. The first-order valence-electron chi connectivity index (χ1n) is 8.28. The number of hydrogen-bond acceptors (Lipinski definition) is 4. The summed E-state index contributed by atoms with van der Waals surface area (Å²) in [5.74, 6) is 2.91. The van der Waals surface area contributed by atoms with Gasteiger partial charge in [0.25, 0.3) is 0 Å². The molecule has 0 radical (unpaired) electrons. The van der Waals surface area contributed by atoms with Crippen molar-refractivity contribution in [3.63, 3.8) is 0 Å². The zero-order valence-electron chi connectivity index (χ0n) is 13.5. The Hall–Kier alpha value is -2.89. The maximum atomic E-state index is 6.20. The van der Waals surface area contributed by atoms with E-state index in [2.05, 4.69) is 20.0 Å². The highest BCUT2D eigenvalue weighted by atomic mass is 15.1. The minimum absolute atomic E-state index is 0.498. The summed E-state index contributed by atoms with van der Waals surface area (Å²) in [6, 6.07) is 8.11. The van der Waals surface area contributed by atoms with Gasteiger partial charge in [-0.15, -0.1) is 0 Å². The molecule has 1 aliphatic carbocycles. The van der Waals surface area contributed by atoms with Gasteiger partial charge in [-0.3, -0.25) is 4.40 Å². The fourth-order valence-electron chi connectivity index (χ4n) is 3.55. The maximum Gasteiger partial charge on any atom is 0.161 e. The van der Waals surface area contributed by atoms with Crippen molar-refractivity contribution in [3.05, 3.63) is 42.5 Å². The number of nitrogens with two attached hydrogens (primary N) is 1. The normalized spacial score (nSPS) is 15.2. The second-order valence-electron chi connectivity index (χ2n) is 6.46. The van der Waals surface area contributed by atoms with Crippen molar-refractivity contribution in [1.82, 2.24) is 23.9 Å². The molecule has 1 saturated carbocycles. The largest absolute Gasteiger partial charge is 0.382 e. The SMILES string of the molecule is Cn1c(-c2nc(C3CCC3)n3ccnc(N)c23)nc2ccccc21. The predicted octanol–water partition coefficient (Wildman–Crippen LogP) is 3.13. The summed E-state index contributed by atoms with van der Waals surface area (Å²) in [5, 5.41) is 0. The summed E-state index contributed by atoms with van der Waals surface area (Å²) < 4.78 is 4.18. The molecule has 0 unspecified atom stereocenters. The fraction of sp³-hybridized carbons (Fsp3) is 0.278. The van der Waals surface area contributed by atoms with Crippen LogP contribution < -0.4 is 5.73 Å². The molecule has 1 fully saturated rings. The molecule has 2 N–H and O–H groups in total. The molecule has 0 spiro atoms. The van der Waals surface area contributed by atoms with Crippen LogP contribution in [0.1, 0.15) is 31.0 Å². The molecule has 0 aliphatic heterocycles. The van der Waals surface area contributed by atoms with Gasteiger partial charge in [-0.2, -0.15) is 0 Å². The molecule has 4 aromatic rings. The van der Waals surface area contributed by atoms with Gasteiger partial charge in [0.15, 0.2) is 5.82 Å². The average Bonchev–Trinajstić information content (AvgIpc) is 3.06. The van der Waals surface area contributed by atoms with Gasteiger partial charge < -0.3 is 10.3 Å². The smallest absolute Gasteiger partial charge is 0.161 e. The molecule has 3 heterocycles. The minimum atomic E-state index is 0.498. The number of aromatic nitrogens is 5. The molecule has 0 atom stereocenters. The number of fused-ring (bicyclic) bond motifs is 2. The van der Waals surface area contributed by atoms with Crippen LogP contribution in [0.15, 0.2) is 36.7 Å². The summed E-state index contributed by atoms with van der Waals surface area (Å²) in [6.07, 6.45) is 7.33. The molecule has 6 nitrogen and oxygen atoms in total. The van der Waals surface area contributed by atoms with E-state index in [1.54, 1.807) is 6.20 Å². The van der Waals surface area contributed by atoms with E-state index in [1.165, 1.54) is 19.3 Å². The lowest BCUT2D eigenvalue weighted by molar-refractivity contribution is 0.400. The van der Waals surface area contributed by atoms with E-state index in [4.69, 9.17) is 15.7 Å². The minimum Gasteiger partial charge on any atom is -0.382 e. The van der Waals surface area contributed by atoms with Crippen LogP contribution in [0, 0.1) is 0 Å². The number of imidazole rings is 2. The highest BCUT2D eigenvalue weighted by Crippen LogP contribution is 2.39. The number of hydrogen-bond donors (Lipinski definition) is 1. The Bertz CT molecular complexity index is 1070. The van der Waals surface area contributed by atoms with Crippen LogP contribution >= 0.6 is 0 Å². The molecular formula is C18H18N6. The number of nitrogens with zero attached hydrogens (tertiary/aromatic N) is 5. The van der Waals surface area contributed by atoms with Gasteiger partial charge >= 0.3 is 0 Å². The van der Waals surface area contributed by atoms with Gasteiger partial charge in [-0.1, -0.05) is 18.6 Å². The van der Waals surface area contributed by atoms with Crippen molar-refractivity contribution in [2.75, 3.05) is 5.73 Å². The van der Waals surface area contributed by atoms with Crippen LogP contribution in [-0.2, 0) is 7.05 Å². The van der Waals surface area contributed by atoms with Crippen LogP contribution in [0.4, 0.5) is 5.82 Å². The molecule has 0 saturated heterocycles. The highest BCUT2D eigenvalue weighted by Gasteiger charge is 2.28. The lowest BCUT2D eigenvalue weighted by atomic mass is 9.85. The molecule has 3 aromatic heterocycles. The highest BCUT2D eigenvalue weighted by molar-refractivity contribution is 5.87. The summed E-state index contributed by atoms with van der Waals surface area (Å²) in [6.45, 7) is 0. The Balaban J connectivity index is 1.83. The third-order valence-corrected chi connectivity index (χ3v) is 5.08. The van der Waals surface area contributed by atoms with Gasteiger partial charge in [0.2, 0.25) is 0 Å². The zero-order chi connectivity index (χ0) is 16.3. The van der Waals surface area contributed by atoms with E-state index in [0.717, 1.165) is 33.9 Å². The zero-order valence-corrected chi connectivity index (χ0v) is 13.5. The number of rotatable bonds is 2. The van der Waals surface area contributed by atoms with Crippen molar-refractivity contribution in [3.8, 4) is 11.5 Å². The fourth-order valence-corrected chi connectivity index (χ4v) is 3.55. The lowest BCUT2D eigenvalue weighted by Crippen LogP contribution is -2.12. The van der Waals surface area contributed by atoms with E-state index in [-0.39, 0.29) is 0 Å². The third kappa shape index (κ3) is 1.73. The standard InChI is InChI=1S/C18H18N6/c1-23-13-8-3-2-7-12(13)21-18(23)14-15-16(19)20-9-10-24(15)17(22-14)11-5-4-6-11/h2-3,7-11H,4-6H2,1H3,(H2,19,20). The van der Waals surface area contributed by atoms with Crippen molar-refractivity contribution >= 4 is 22.4 Å². The molecule has 0 bridgehead atoms. The summed E-state index contributed by atoms with van der Waals surface area (Å²) in [5.41, 5.74) is 9.93. The first-order valence-corrected chi connectivity index (χ1v) is 8.28. The van der Waals surface area contributed by atoms with Gasteiger partial charge in [0, 0.05) is 25.4 Å². The van der Waals surface area contributed by atoms with Crippen LogP contribution in [0.5, 0.6) is 0 Å². The molecule has 5 rings (SSSR count). The van der Waals surface area contributed by atoms with E-state index in [9.17, 15) is 0 Å².